The fourth-order valence-electron chi connectivity index (χ4n) is 2.29. The second-order valence-corrected chi connectivity index (χ2v) is 4.68. The van der Waals surface area contributed by atoms with Crippen molar-refractivity contribution in [2.75, 3.05) is 5.32 Å². The van der Waals surface area contributed by atoms with Gasteiger partial charge in [-0.2, -0.15) is 5.10 Å². The average molecular weight is 316 g/mol. The van der Waals surface area contributed by atoms with Crippen LogP contribution in [0.3, 0.4) is 0 Å². The summed E-state index contributed by atoms with van der Waals surface area (Å²) >= 11 is 0. The highest BCUT2D eigenvalue weighted by Gasteiger charge is 2.06. The van der Waals surface area contributed by atoms with Gasteiger partial charge >= 0.3 is 0 Å². The smallest absolute Gasteiger partial charge is 0.141 e. The fourth-order valence-corrected chi connectivity index (χ4v) is 2.29. The maximum atomic E-state index is 13.2. The molecule has 0 saturated heterocycles. The lowest BCUT2D eigenvalue weighted by atomic mass is 10.2. The van der Waals surface area contributed by atoms with Gasteiger partial charge in [0.1, 0.15) is 18.0 Å². The van der Waals surface area contributed by atoms with Gasteiger partial charge in [-0.05, 0) is 30.3 Å². The zero-order valence-corrected chi connectivity index (χ0v) is 12.1. The standard InChI is InChI=1S/C15H10FN5.ClH/c16-10-1-3-12-14(6-10)17-8-18-15(12)20-11-2-4-13-9(5-11)7-19-21-13;/h1-8H,(H,19,21)(H,17,18,20);1H. The Labute approximate surface area is 131 Å². The molecular weight excluding hydrogens is 305 g/mol. The quantitative estimate of drug-likeness (QED) is 0.590. The Hall–Kier alpha value is -2.73. The molecule has 2 aromatic carbocycles. The Morgan fingerprint density at radius 1 is 1.05 bits per heavy atom. The van der Waals surface area contributed by atoms with Crippen LogP contribution in [0.2, 0.25) is 0 Å². The first-order chi connectivity index (χ1) is 10.3. The van der Waals surface area contributed by atoms with Crippen molar-refractivity contribution in [1.29, 1.82) is 0 Å². The molecule has 7 heteroatoms. The van der Waals surface area contributed by atoms with E-state index in [4.69, 9.17) is 0 Å². The van der Waals surface area contributed by atoms with Crippen LogP contribution in [0.4, 0.5) is 15.9 Å². The summed E-state index contributed by atoms with van der Waals surface area (Å²) in [6, 6.07) is 10.3. The van der Waals surface area contributed by atoms with Crippen LogP contribution in [0.15, 0.2) is 48.9 Å². The lowest BCUT2D eigenvalue weighted by Gasteiger charge is -2.08. The minimum absolute atomic E-state index is 0. The molecule has 0 radical (unpaired) electrons. The molecule has 0 amide bonds. The number of benzene rings is 2. The normalized spacial score (nSPS) is 10.6. The number of halogens is 2. The van der Waals surface area contributed by atoms with E-state index in [1.54, 1.807) is 12.3 Å². The first kappa shape index (κ1) is 14.2. The largest absolute Gasteiger partial charge is 0.340 e. The number of hydrogen-bond acceptors (Lipinski definition) is 4. The number of aromatic amines is 1. The van der Waals surface area contributed by atoms with Crippen molar-refractivity contribution < 1.29 is 4.39 Å². The van der Waals surface area contributed by atoms with Crippen LogP contribution in [0.25, 0.3) is 21.8 Å². The molecule has 5 nitrogen and oxygen atoms in total. The summed E-state index contributed by atoms with van der Waals surface area (Å²) in [6.45, 7) is 0. The summed E-state index contributed by atoms with van der Waals surface area (Å²) < 4.78 is 13.2. The molecule has 2 aromatic heterocycles. The third-order valence-corrected chi connectivity index (χ3v) is 3.30. The molecule has 0 spiro atoms. The SMILES string of the molecule is Cl.Fc1ccc2c(Nc3ccc4[nH]ncc4c3)ncnc2c1. The molecule has 4 aromatic rings. The van der Waals surface area contributed by atoms with Gasteiger partial charge in [-0.25, -0.2) is 14.4 Å². The zero-order chi connectivity index (χ0) is 14.2. The molecule has 22 heavy (non-hydrogen) atoms. The highest BCUT2D eigenvalue weighted by atomic mass is 35.5. The number of nitrogens with zero attached hydrogens (tertiary/aromatic N) is 3. The summed E-state index contributed by atoms with van der Waals surface area (Å²) in [5.41, 5.74) is 2.42. The lowest BCUT2D eigenvalue weighted by Crippen LogP contribution is -1.96. The second kappa shape index (κ2) is 5.57. The van der Waals surface area contributed by atoms with E-state index in [1.807, 2.05) is 18.2 Å². The van der Waals surface area contributed by atoms with Crippen LogP contribution in [-0.2, 0) is 0 Å². The number of nitrogens with one attached hydrogen (secondary N) is 2. The molecule has 0 aliphatic carbocycles. The van der Waals surface area contributed by atoms with Crippen molar-refractivity contribution in [3.63, 3.8) is 0 Å². The van der Waals surface area contributed by atoms with Crippen LogP contribution in [0, 0.1) is 5.82 Å². The van der Waals surface area contributed by atoms with Crippen LogP contribution in [-0.4, -0.2) is 20.2 Å². The molecule has 0 bridgehead atoms. The van der Waals surface area contributed by atoms with Crippen molar-refractivity contribution in [3.8, 4) is 0 Å². The van der Waals surface area contributed by atoms with Crippen molar-refractivity contribution in [2.45, 2.75) is 0 Å². The van der Waals surface area contributed by atoms with Gasteiger partial charge in [0.2, 0.25) is 0 Å². The molecule has 0 saturated carbocycles. The van der Waals surface area contributed by atoms with Gasteiger partial charge in [-0.1, -0.05) is 0 Å². The third-order valence-electron chi connectivity index (χ3n) is 3.30. The molecule has 2 N–H and O–H groups in total. The maximum Gasteiger partial charge on any atom is 0.141 e. The van der Waals surface area contributed by atoms with E-state index in [2.05, 4.69) is 25.5 Å². The van der Waals surface area contributed by atoms with E-state index >= 15 is 0 Å². The van der Waals surface area contributed by atoms with E-state index in [0.29, 0.717) is 11.3 Å². The number of anilines is 2. The van der Waals surface area contributed by atoms with Crippen LogP contribution < -0.4 is 5.32 Å². The van der Waals surface area contributed by atoms with Gasteiger partial charge in [0.25, 0.3) is 0 Å². The molecule has 0 aliphatic rings. The van der Waals surface area contributed by atoms with E-state index in [0.717, 1.165) is 22.0 Å². The summed E-state index contributed by atoms with van der Waals surface area (Å²) in [5, 5.41) is 11.9. The van der Waals surface area contributed by atoms with Crippen molar-refractivity contribution in [1.82, 2.24) is 20.2 Å². The fraction of sp³-hybridized carbons (Fsp3) is 0. The molecule has 0 unspecified atom stereocenters. The van der Waals surface area contributed by atoms with Crippen molar-refractivity contribution >= 4 is 45.7 Å². The summed E-state index contributed by atoms with van der Waals surface area (Å²) in [7, 11) is 0. The number of aromatic nitrogens is 4. The highest BCUT2D eigenvalue weighted by Crippen LogP contribution is 2.25. The number of hydrogen-bond donors (Lipinski definition) is 2. The van der Waals surface area contributed by atoms with E-state index < -0.39 is 0 Å². The lowest BCUT2D eigenvalue weighted by molar-refractivity contribution is 0.629. The summed E-state index contributed by atoms with van der Waals surface area (Å²) in [6.07, 6.45) is 3.18. The number of fused-ring (bicyclic) bond motifs is 2. The molecule has 4 rings (SSSR count). The molecule has 110 valence electrons. The van der Waals surface area contributed by atoms with Gasteiger partial charge in [0.15, 0.2) is 0 Å². The van der Waals surface area contributed by atoms with Crippen molar-refractivity contribution in [3.05, 3.63) is 54.7 Å². The minimum atomic E-state index is -0.313. The molecule has 2 heterocycles. The van der Waals surface area contributed by atoms with Gasteiger partial charge in [-0.3, -0.25) is 5.10 Å². The minimum Gasteiger partial charge on any atom is -0.340 e. The molecule has 0 aliphatic heterocycles. The summed E-state index contributed by atoms with van der Waals surface area (Å²) in [5.74, 6) is 0.329. The van der Waals surface area contributed by atoms with Gasteiger partial charge in [0.05, 0.1) is 17.2 Å². The maximum absolute atomic E-state index is 13.2. The predicted octanol–water partition coefficient (Wildman–Crippen LogP) is 3.81. The monoisotopic (exact) mass is 315 g/mol. The molecule has 0 atom stereocenters. The topological polar surface area (TPSA) is 66.5 Å². The first-order valence-electron chi connectivity index (χ1n) is 6.40. The Morgan fingerprint density at radius 3 is 2.86 bits per heavy atom. The Morgan fingerprint density at radius 2 is 1.95 bits per heavy atom. The molecule has 0 fully saturated rings. The average Bonchev–Trinajstić information content (AvgIpc) is 2.95. The number of rotatable bonds is 2. The van der Waals surface area contributed by atoms with Gasteiger partial charge < -0.3 is 5.32 Å². The van der Waals surface area contributed by atoms with Crippen molar-refractivity contribution in [2.24, 2.45) is 0 Å². The van der Waals surface area contributed by atoms with Crippen LogP contribution >= 0.6 is 12.4 Å². The van der Waals surface area contributed by atoms with E-state index in [1.165, 1.54) is 18.5 Å². The zero-order valence-electron chi connectivity index (χ0n) is 11.2. The number of H-pyrrole nitrogens is 1. The highest BCUT2D eigenvalue weighted by molar-refractivity contribution is 5.91. The van der Waals surface area contributed by atoms with Crippen LogP contribution in [0.5, 0.6) is 0 Å². The van der Waals surface area contributed by atoms with Gasteiger partial charge in [-0.15, -0.1) is 12.4 Å². The van der Waals surface area contributed by atoms with E-state index in [9.17, 15) is 4.39 Å². The second-order valence-electron chi connectivity index (χ2n) is 4.68. The first-order valence-corrected chi connectivity index (χ1v) is 6.40. The Balaban J connectivity index is 0.00000144. The third kappa shape index (κ3) is 2.44. The Bertz CT molecular complexity index is 953. The molecular formula is C15H11ClFN5. The van der Waals surface area contributed by atoms with Gasteiger partial charge in [0, 0.05) is 22.5 Å². The van der Waals surface area contributed by atoms with Crippen LogP contribution in [0.1, 0.15) is 0 Å². The predicted molar refractivity (Wildman–Crippen MR) is 86.1 cm³/mol. The van der Waals surface area contributed by atoms with E-state index in [-0.39, 0.29) is 18.2 Å². The Kier molecular flexibility index (Phi) is 3.60. The summed E-state index contributed by atoms with van der Waals surface area (Å²) in [4.78, 5) is 8.31.